The first-order valence-corrected chi connectivity index (χ1v) is 14.6. The second-order valence-electron chi connectivity index (χ2n) is 11.0. The first kappa shape index (κ1) is 27.8. The number of aromatic nitrogens is 1. The average molecular weight is 576 g/mol. The molecule has 8 heteroatoms. The third-order valence-corrected chi connectivity index (χ3v) is 8.64. The van der Waals surface area contributed by atoms with Gasteiger partial charge in [0.1, 0.15) is 23.1 Å². The van der Waals surface area contributed by atoms with E-state index in [0.717, 1.165) is 75.1 Å². The number of Topliss-reactive ketones (excluding diaryl/α,β-unsaturated/α-hetero) is 1. The topological polar surface area (TPSA) is 49.6 Å². The van der Waals surface area contributed by atoms with Crippen LogP contribution in [0, 0.1) is 17.6 Å². The van der Waals surface area contributed by atoms with Crippen molar-refractivity contribution in [3.05, 3.63) is 112 Å². The highest BCUT2D eigenvalue weighted by atomic mass is 35.5. The monoisotopic (exact) mass is 575 g/mol. The smallest absolute Gasteiger partial charge is 0.171 e. The highest BCUT2D eigenvalue weighted by molar-refractivity contribution is 6.30. The van der Waals surface area contributed by atoms with Gasteiger partial charge < -0.3 is 9.42 Å². The summed E-state index contributed by atoms with van der Waals surface area (Å²) in [5.74, 6) is 0.243. The fourth-order valence-corrected chi connectivity index (χ4v) is 6.31. The van der Waals surface area contributed by atoms with Gasteiger partial charge in [0.25, 0.3) is 0 Å². The van der Waals surface area contributed by atoms with Gasteiger partial charge in [-0.25, -0.2) is 8.78 Å². The van der Waals surface area contributed by atoms with Gasteiger partial charge in [-0.1, -0.05) is 53.2 Å². The van der Waals surface area contributed by atoms with Crippen LogP contribution in [0.15, 0.2) is 77.3 Å². The molecule has 1 fully saturated rings. The van der Waals surface area contributed by atoms with E-state index in [1.165, 1.54) is 24.3 Å². The first-order valence-electron chi connectivity index (χ1n) is 14.2. The largest absolute Gasteiger partial charge is 0.360 e. The molecule has 1 aliphatic heterocycles. The van der Waals surface area contributed by atoms with E-state index in [0.29, 0.717) is 22.0 Å². The van der Waals surface area contributed by atoms with Gasteiger partial charge in [-0.05, 0) is 73.3 Å². The van der Waals surface area contributed by atoms with Gasteiger partial charge in [0.15, 0.2) is 5.78 Å². The minimum Gasteiger partial charge on any atom is -0.360 e. The van der Waals surface area contributed by atoms with Crippen molar-refractivity contribution in [2.75, 3.05) is 32.7 Å². The first-order chi connectivity index (χ1) is 20.0. The molecule has 212 valence electrons. The van der Waals surface area contributed by atoms with Gasteiger partial charge in [-0.3, -0.25) is 9.69 Å². The van der Waals surface area contributed by atoms with Crippen LogP contribution in [-0.2, 0) is 6.42 Å². The van der Waals surface area contributed by atoms with Crippen molar-refractivity contribution in [3.8, 4) is 11.3 Å². The molecule has 0 radical (unpaired) electrons. The molecule has 2 aliphatic rings. The molecule has 1 aromatic heterocycles. The van der Waals surface area contributed by atoms with Crippen molar-refractivity contribution in [1.82, 2.24) is 15.0 Å². The van der Waals surface area contributed by atoms with Crippen LogP contribution in [0.25, 0.3) is 11.3 Å². The standard InChI is InChI=1S/C33H32ClF2N3O2/c34-26-10-3-22(4-11-26)31-30-29(41-37-31)16-9-25(33(30)40)2-1-17-38-18-20-39(21-19-38)32(23-5-12-27(35)13-6-23)24-7-14-28(36)15-8-24/h3-8,10-15,25,32H,1-2,9,16-21H2. The summed E-state index contributed by atoms with van der Waals surface area (Å²) >= 11 is 6.04. The lowest BCUT2D eigenvalue weighted by Crippen LogP contribution is -2.48. The number of aryl methyl sites for hydroxylation is 1. The molecule has 0 amide bonds. The van der Waals surface area contributed by atoms with Crippen LogP contribution in [0.4, 0.5) is 8.78 Å². The van der Waals surface area contributed by atoms with E-state index in [1.807, 2.05) is 36.4 Å². The Morgan fingerprint density at radius 2 is 1.49 bits per heavy atom. The van der Waals surface area contributed by atoms with Crippen LogP contribution in [-0.4, -0.2) is 53.5 Å². The highest BCUT2D eigenvalue weighted by Gasteiger charge is 2.34. The Hall–Kier alpha value is -3.39. The molecule has 0 N–H and O–H groups in total. The maximum atomic E-state index is 13.6. The number of nitrogens with zero attached hydrogens (tertiary/aromatic N) is 3. The molecule has 1 unspecified atom stereocenters. The summed E-state index contributed by atoms with van der Waals surface area (Å²) in [6, 6.07) is 20.5. The summed E-state index contributed by atoms with van der Waals surface area (Å²) in [4.78, 5) is 18.3. The normalized spacial score (nSPS) is 18.1. The van der Waals surface area contributed by atoms with Crippen molar-refractivity contribution in [1.29, 1.82) is 0 Å². The number of hydrogen-bond donors (Lipinski definition) is 0. The maximum Gasteiger partial charge on any atom is 0.171 e. The van der Waals surface area contributed by atoms with Gasteiger partial charge in [0.2, 0.25) is 0 Å². The van der Waals surface area contributed by atoms with Crippen molar-refractivity contribution in [2.24, 2.45) is 5.92 Å². The lowest BCUT2D eigenvalue weighted by molar-refractivity contribution is 0.0869. The second kappa shape index (κ2) is 12.2. The number of ketones is 1. The molecule has 1 saturated heterocycles. The maximum absolute atomic E-state index is 13.6. The van der Waals surface area contributed by atoms with Crippen molar-refractivity contribution < 1.29 is 18.1 Å². The fraction of sp³-hybridized carbons (Fsp3) is 0.333. The van der Waals surface area contributed by atoms with E-state index in [4.69, 9.17) is 16.1 Å². The minimum atomic E-state index is -0.269. The molecule has 1 atom stereocenters. The summed E-state index contributed by atoms with van der Waals surface area (Å²) < 4.78 is 32.8. The molecule has 0 bridgehead atoms. The third kappa shape index (κ3) is 6.13. The van der Waals surface area contributed by atoms with Crippen LogP contribution < -0.4 is 0 Å². The number of rotatable bonds is 8. The summed E-state index contributed by atoms with van der Waals surface area (Å²) in [6.07, 6.45) is 3.27. The van der Waals surface area contributed by atoms with E-state index in [9.17, 15) is 13.6 Å². The lowest BCUT2D eigenvalue weighted by atomic mass is 9.82. The molecule has 2 heterocycles. The van der Waals surface area contributed by atoms with E-state index in [1.54, 1.807) is 12.1 Å². The summed E-state index contributed by atoms with van der Waals surface area (Å²) in [5, 5.41) is 4.86. The van der Waals surface area contributed by atoms with Gasteiger partial charge in [0, 0.05) is 49.1 Å². The zero-order valence-corrected chi connectivity index (χ0v) is 23.5. The number of piperazine rings is 1. The SMILES string of the molecule is O=C1c2c(-c3ccc(Cl)cc3)noc2CCC1CCCN1CCN(C(c2ccc(F)cc2)c2ccc(F)cc2)CC1. The van der Waals surface area contributed by atoms with Crippen LogP contribution in [0.1, 0.15) is 52.5 Å². The molecular formula is C33H32ClF2N3O2. The Morgan fingerprint density at radius 3 is 2.10 bits per heavy atom. The average Bonchev–Trinajstić information content (AvgIpc) is 3.43. The predicted octanol–water partition coefficient (Wildman–Crippen LogP) is 7.21. The molecular weight excluding hydrogens is 544 g/mol. The van der Waals surface area contributed by atoms with Crippen molar-refractivity contribution in [2.45, 2.75) is 31.7 Å². The van der Waals surface area contributed by atoms with Crippen molar-refractivity contribution >= 4 is 17.4 Å². The minimum absolute atomic E-state index is 0.0319. The van der Waals surface area contributed by atoms with Crippen LogP contribution in [0.3, 0.4) is 0 Å². The van der Waals surface area contributed by atoms with Crippen molar-refractivity contribution in [3.63, 3.8) is 0 Å². The van der Waals surface area contributed by atoms with Gasteiger partial charge in [-0.2, -0.15) is 0 Å². The van der Waals surface area contributed by atoms with Crippen LogP contribution >= 0.6 is 11.6 Å². The number of fused-ring (bicyclic) bond motifs is 1. The Kier molecular flexibility index (Phi) is 8.28. The van der Waals surface area contributed by atoms with Gasteiger partial charge >= 0.3 is 0 Å². The number of benzene rings is 3. The Labute approximate surface area is 243 Å². The lowest BCUT2D eigenvalue weighted by Gasteiger charge is -2.40. The molecule has 0 saturated carbocycles. The molecule has 41 heavy (non-hydrogen) atoms. The molecule has 6 rings (SSSR count). The summed E-state index contributed by atoms with van der Waals surface area (Å²) in [5.41, 5.74) is 4.07. The highest BCUT2D eigenvalue weighted by Crippen LogP contribution is 2.36. The Balaban J connectivity index is 1.05. The predicted molar refractivity (Wildman–Crippen MR) is 155 cm³/mol. The quantitative estimate of drug-likeness (QED) is 0.222. The number of carbonyl (C=O) groups is 1. The van der Waals surface area contributed by atoms with Crippen LogP contribution in [0.2, 0.25) is 5.02 Å². The van der Waals surface area contributed by atoms with Gasteiger partial charge in [-0.15, -0.1) is 0 Å². The molecule has 5 nitrogen and oxygen atoms in total. The Bertz CT molecular complexity index is 1440. The van der Waals surface area contributed by atoms with E-state index >= 15 is 0 Å². The zero-order valence-electron chi connectivity index (χ0n) is 22.7. The number of halogens is 3. The molecule has 3 aromatic carbocycles. The number of carbonyl (C=O) groups excluding carboxylic acids is 1. The zero-order chi connectivity index (χ0) is 28.3. The summed E-state index contributed by atoms with van der Waals surface area (Å²) in [7, 11) is 0. The molecule has 0 spiro atoms. The van der Waals surface area contributed by atoms with Gasteiger partial charge in [0.05, 0.1) is 11.6 Å². The number of hydrogen-bond acceptors (Lipinski definition) is 5. The molecule has 4 aromatic rings. The molecule has 1 aliphatic carbocycles. The summed E-state index contributed by atoms with van der Waals surface area (Å²) in [6.45, 7) is 4.41. The Morgan fingerprint density at radius 1 is 0.878 bits per heavy atom. The second-order valence-corrected chi connectivity index (χ2v) is 11.4. The van der Waals surface area contributed by atoms with Crippen LogP contribution in [0.5, 0.6) is 0 Å². The fourth-order valence-electron chi connectivity index (χ4n) is 6.18. The van der Waals surface area contributed by atoms with E-state index in [2.05, 4.69) is 15.0 Å². The van der Waals surface area contributed by atoms with E-state index < -0.39 is 0 Å². The third-order valence-electron chi connectivity index (χ3n) is 8.39. The van der Waals surface area contributed by atoms with E-state index in [-0.39, 0.29) is 29.4 Å².